The summed E-state index contributed by atoms with van der Waals surface area (Å²) in [5.74, 6) is -0.268. The third-order valence-corrected chi connectivity index (χ3v) is 9.05. The SMILES string of the molecule is CCCCNC(=O)C(Cc1ccccc1)N(Cc1ccccc1)C(=O)CN(c1ccccc1)S(=O)(=O)c1ccc(OC)cc1. The van der Waals surface area contributed by atoms with Gasteiger partial charge in [0.15, 0.2) is 0 Å². The normalized spacial score (nSPS) is 11.8. The molecule has 0 aliphatic heterocycles. The summed E-state index contributed by atoms with van der Waals surface area (Å²) >= 11 is 0. The number of benzene rings is 4. The van der Waals surface area contributed by atoms with Crippen molar-refractivity contribution in [3.8, 4) is 5.75 Å². The number of nitrogens with zero attached hydrogens (tertiary/aromatic N) is 2. The monoisotopic (exact) mass is 613 g/mol. The van der Waals surface area contributed by atoms with Crippen molar-refractivity contribution in [2.45, 2.75) is 43.7 Å². The molecular weight excluding hydrogens is 574 g/mol. The van der Waals surface area contributed by atoms with Crippen LogP contribution in [0.4, 0.5) is 5.69 Å². The van der Waals surface area contributed by atoms with Gasteiger partial charge in [-0.2, -0.15) is 0 Å². The highest BCUT2D eigenvalue weighted by atomic mass is 32.2. The maximum atomic E-state index is 14.4. The van der Waals surface area contributed by atoms with Gasteiger partial charge in [-0.15, -0.1) is 0 Å². The van der Waals surface area contributed by atoms with Crippen LogP contribution in [0, 0.1) is 0 Å². The molecule has 0 aliphatic rings. The lowest BCUT2D eigenvalue weighted by molar-refractivity contribution is -0.140. The molecule has 2 amide bonds. The second kappa shape index (κ2) is 15.7. The Balaban J connectivity index is 1.75. The molecule has 8 nitrogen and oxygen atoms in total. The van der Waals surface area contributed by atoms with Crippen LogP contribution in [-0.4, -0.2) is 51.4 Å². The third kappa shape index (κ3) is 8.48. The first-order valence-corrected chi connectivity index (χ1v) is 16.1. The number of hydrogen-bond donors (Lipinski definition) is 1. The maximum absolute atomic E-state index is 14.4. The Kier molecular flexibility index (Phi) is 11.5. The lowest BCUT2D eigenvalue weighted by Gasteiger charge is -2.34. The van der Waals surface area contributed by atoms with Gasteiger partial charge in [-0.1, -0.05) is 92.2 Å². The maximum Gasteiger partial charge on any atom is 0.264 e. The van der Waals surface area contributed by atoms with Gasteiger partial charge in [0.1, 0.15) is 18.3 Å². The summed E-state index contributed by atoms with van der Waals surface area (Å²) in [6.07, 6.45) is 1.98. The topological polar surface area (TPSA) is 96.0 Å². The number of methoxy groups -OCH3 is 1. The molecule has 0 radical (unpaired) electrons. The fraction of sp³-hybridized carbons (Fsp3) is 0.257. The lowest BCUT2D eigenvalue weighted by atomic mass is 10.0. The Morgan fingerprint density at radius 2 is 1.36 bits per heavy atom. The van der Waals surface area contributed by atoms with E-state index in [0.29, 0.717) is 18.0 Å². The highest BCUT2D eigenvalue weighted by Gasteiger charge is 2.34. The van der Waals surface area contributed by atoms with E-state index in [-0.39, 0.29) is 23.8 Å². The molecule has 1 atom stereocenters. The van der Waals surface area contributed by atoms with E-state index in [9.17, 15) is 18.0 Å². The van der Waals surface area contributed by atoms with Crippen LogP contribution in [0.25, 0.3) is 0 Å². The first-order valence-electron chi connectivity index (χ1n) is 14.7. The van der Waals surface area contributed by atoms with E-state index in [1.807, 2.05) is 67.6 Å². The molecule has 0 aliphatic carbocycles. The number of hydrogen-bond acceptors (Lipinski definition) is 5. The number of amides is 2. The second-order valence-corrected chi connectivity index (χ2v) is 12.2. The van der Waals surface area contributed by atoms with E-state index in [1.54, 1.807) is 42.5 Å². The van der Waals surface area contributed by atoms with E-state index in [1.165, 1.54) is 24.1 Å². The average Bonchev–Trinajstić information content (AvgIpc) is 3.06. The van der Waals surface area contributed by atoms with Crippen molar-refractivity contribution in [3.63, 3.8) is 0 Å². The lowest BCUT2D eigenvalue weighted by Crippen LogP contribution is -2.53. The van der Waals surface area contributed by atoms with Gasteiger partial charge < -0.3 is 15.0 Å². The standard InChI is InChI=1S/C35H39N3O5S/c1-3-4-24-36-35(40)33(25-28-14-8-5-9-15-28)37(26-29-16-10-6-11-17-29)34(39)27-38(30-18-12-7-13-19-30)44(41,42)32-22-20-31(43-2)21-23-32/h5-23,33H,3-4,24-27H2,1-2H3,(H,36,40). The summed E-state index contributed by atoms with van der Waals surface area (Å²) in [5.41, 5.74) is 2.05. The Labute approximate surface area is 260 Å². The molecule has 0 aromatic heterocycles. The van der Waals surface area contributed by atoms with E-state index in [2.05, 4.69) is 5.32 Å². The number of rotatable bonds is 15. The van der Waals surface area contributed by atoms with E-state index >= 15 is 0 Å². The summed E-state index contributed by atoms with van der Waals surface area (Å²) in [7, 11) is -2.67. The number of sulfonamides is 1. The summed E-state index contributed by atoms with van der Waals surface area (Å²) in [4.78, 5) is 29.7. The van der Waals surface area contributed by atoms with Crippen molar-refractivity contribution >= 4 is 27.5 Å². The first kappa shape index (κ1) is 32.3. The van der Waals surface area contributed by atoms with E-state index in [4.69, 9.17) is 4.74 Å². The van der Waals surface area contributed by atoms with Crippen LogP contribution >= 0.6 is 0 Å². The number of carbonyl (C=O) groups is 2. The van der Waals surface area contributed by atoms with Crippen LogP contribution < -0.4 is 14.4 Å². The van der Waals surface area contributed by atoms with Gasteiger partial charge in [0.2, 0.25) is 11.8 Å². The van der Waals surface area contributed by atoms with E-state index < -0.39 is 28.5 Å². The van der Waals surface area contributed by atoms with Crippen molar-refractivity contribution in [1.29, 1.82) is 0 Å². The van der Waals surface area contributed by atoms with Crippen molar-refractivity contribution < 1.29 is 22.7 Å². The van der Waals surface area contributed by atoms with Crippen LogP contribution in [0.2, 0.25) is 0 Å². The molecule has 0 bridgehead atoms. The Bertz CT molecular complexity index is 1580. The van der Waals surface area contributed by atoms with Crippen LogP contribution in [-0.2, 0) is 32.6 Å². The Hall–Kier alpha value is -4.63. The van der Waals surface area contributed by atoms with Crippen molar-refractivity contribution in [2.75, 3.05) is 24.5 Å². The third-order valence-electron chi connectivity index (χ3n) is 7.27. The molecule has 0 saturated carbocycles. The van der Waals surface area contributed by atoms with Crippen LogP contribution in [0.15, 0.2) is 120 Å². The minimum atomic E-state index is -4.17. The summed E-state index contributed by atoms with van der Waals surface area (Å²) in [5, 5.41) is 3.00. The minimum Gasteiger partial charge on any atom is -0.497 e. The van der Waals surface area contributed by atoms with Gasteiger partial charge in [0.05, 0.1) is 17.7 Å². The zero-order valence-electron chi connectivity index (χ0n) is 25.1. The molecule has 4 aromatic carbocycles. The van der Waals surface area contributed by atoms with Gasteiger partial charge in [-0.05, 0) is 53.9 Å². The molecular formula is C35H39N3O5S. The fourth-order valence-corrected chi connectivity index (χ4v) is 6.25. The molecule has 4 aromatic rings. The van der Waals surface area contributed by atoms with E-state index in [0.717, 1.165) is 28.3 Å². The summed E-state index contributed by atoms with van der Waals surface area (Å²) in [6, 6.07) is 32.6. The smallest absolute Gasteiger partial charge is 0.264 e. The molecule has 4 rings (SSSR count). The van der Waals surface area contributed by atoms with Gasteiger partial charge >= 0.3 is 0 Å². The number of nitrogens with one attached hydrogen (secondary N) is 1. The number of para-hydroxylation sites is 1. The molecule has 1 N–H and O–H groups in total. The number of ether oxygens (including phenoxy) is 1. The van der Waals surface area contributed by atoms with Gasteiger partial charge in [-0.3, -0.25) is 13.9 Å². The van der Waals surface area contributed by atoms with Gasteiger partial charge in [0, 0.05) is 19.5 Å². The highest BCUT2D eigenvalue weighted by molar-refractivity contribution is 7.92. The largest absolute Gasteiger partial charge is 0.497 e. The quantitative estimate of drug-likeness (QED) is 0.180. The van der Waals surface area contributed by atoms with Crippen LogP contribution in [0.3, 0.4) is 0 Å². The molecule has 44 heavy (non-hydrogen) atoms. The molecule has 9 heteroatoms. The zero-order chi connectivity index (χ0) is 31.4. The van der Waals surface area contributed by atoms with Crippen LogP contribution in [0.5, 0.6) is 5.75 Å². The van der Waals surface area contributed by atoms with Crippen molar-refractivity contribution in [2.24, 2.45) is 0 Å². The number of unbranched alkanes of at least 4 members (excludes halogenated alkanes) is 1. The Morgan fingerprint density at radius 1 is 0.795 bits per heavy atom. The zero-order valence-corrected chi connectivity index (χ0v) is 26.0. The fourth-order valence-electron chi connectivity index (χ4n) is 4.84. The van der Waals surface area contributed by atoms with Crippen molar-refractivity contribution in [1.82, 2.24) is 10.2 Å². The summed E-state index contributed by atoms with van der Waals surface area (Å²) < 4.78 is 34.4. The van der Waals surface area contributed by atoms with Gasteiger partial charge in [-0.25, -0.2) is 8.42 Å². The van der Waals surface area contributed by atoms with Gasteiger partial charge in [0.25, 0.3) is 10.0 Å². The predicted octanol–water partition coefficient (Wildman–Crippen LogP) is 5.45. The predicted molar refractivity (Wildman–Crippen MR) is 173 cm³/mol. The summed E-state index contributed by atoms with van der Waals surface area (Å²) in [6.45, 7) is 2.15. The average molecular weight is 614 g/mol. The van der Waals surface area contributed by atoms with Crippen LogP contribution in [0.1, 0.15) is 30.9 Å². The first-order chi connectivity index (χ1) is 21.3. The molecule has 230 valence electrons. The Morgan fingerprint density at radius 3 is 1.93 bits per heavy atom. The molecule has 0 spiro atoms. The molecule has 0 fully saturated rings. The van der Waals surface area contributed by atoms with Crippen molar-refractivity contribution in [3.05, 3.63) is 126 Å². The molecule has 0 saturated heterocycles. The molecule has 0 heterocycles. The minimum absolute atomic E-state index is 0.0164. The molecule has 1 unspecified atom stereocenters. The second-order valence-electron chi connectivity index (χ2n) is 10.4. The highest BCUT2D eigenvalue weighted by Crippen LogP contribution is 2.26. The number of carbonyl (C=O) groups excluding carboxylic acids is 2. The number of anilines is 1.